The zero-order chi connectivity index (χ0) is 13.9. The van der Waals surface area contributed by atoms with Gasteiger partial charge in [0, 0.05) is 16.7 Å². The molecular weight excluding hydrogens is 266 g/mol. The van der Waals surface area contributed by atoms with E-state index in [1.54, 1.807) is 6.20 Å². The largest absolute Gasteiger partial charge is 0.396 e. The van der Waals surface area contributed by atoms with Crippen molar-refractivity contribution in [1.82, 2.24) is 4.98 Å². The lowest BCUT2D eigenvalue weighted by molar-refractivity contribution is 0.473. The fraction of sp³-hybridized carbons (Fsp3) is 0.438. The maximum Gasteiger partial charge on any atom is 0.0743 e. The highest BCUT2D eigenvalue weighted by molar-refractivity contribution is 7.99. The van der Waals surface area contributed by atoms with Gasteiger partial charge in [0.15, 0.2) is 0 Å². The molecule has 0 unspecified atom stereocenters. The van der Waals surface area contributed by atoms with E-state index in [4.69, 9.17) is 5.73 Å². The number of nitrogens with one attached hydrogen (secondary N) is 1. The molecule has 1 aromatic heterocycles. The summed E-state index contributed by atoms with van der Waals surface area (Å²) in [5.41, 5.74) is 8.93. The lowest BCUT2D eigenvalue weighted by Crippen LogP contribution is -2.27. The van der Waals surface area contributed by atoms with Gasteiger partial charge in [-0.05, 0) is 38.0 Å². The number of fused-ring (bicyclic) bond motifs is 1. The number of pyridine rings is 1. The Labute approximate surface area is 124 Å². The third-order valence-electron chi connectivity index (χ3n) is 4.16. The molecule has 3 rings (SSSR count). The van der Waals surface area contributed by atoms with Crippen LogP contribution in [0.5, 0.6) is 0 Å². The van der Waals surface area contributed by atoms with Gasteiger partial charge >= 0.3 is 0 Å². The maximum atomic E-state index is 6.13. The average Bonchev–Trinajstić information content (AvgIpc) is 2.51. The number of anilines is 2. The molecule has 2 aromatic rings. The first-order valence-electron chi connectivity index (χ1n) is 7.20. The molecule has 1 aliphatic rings. The molecule has 3 N–H and O–H groups in total. The molecule has 0 bridgehead atoms. The second-order valence-electron chi connectivity index (χ2n) is 5.46. The molecule has 20 heavy (non-hydrogen) atoms. The van der Waals surface area contributed by atoms with Crippen molar-refractivity contribution in [2.75, 3.05) is 17.3 Å². The summed E-state index contributed by atoms with van der Waals surface area (Å²) in [5.74, 6) is 0. The van der Waals surface area contributed by atoms with E-state index in [2.05, 4.69) is 22.6 Å². The third-order valence-corrected chi connectivity index (χ3v) is 5.30. The van der Waals surface area contributed by atoms with E-state index in [1.807, 2.05) is 30.0 Å². The number of nitrogens with two attached hydrogens (primary N) is 1. The van der Waals surface area contributed by atoms with Gasteiger partial charge in [0.25, 0.3) is 0 Å². The Hall–Kier alpha value is -1.42. The number of hydrogen-bond acceptors (Lipinski definition) is 4. The molecule has 1 heterocycles. The first-order chi connectivity index (χ1) is 9.78. The van der Waals surface area contributed by atoms with Gasteiger partial charge in [0.05, 0.1) is 23.1 Å². The van der Waals surface area contributed by atoms with Gasteiger partial charge < -0.3 is 11.1 Å². The van der Waals surface area contributed by atoms with Gasteiger partial charge in [-0.2, -0.15) is 11.8 Å². The molecule has 0 spiro atoms. The van der Waals surface area contributed by atoms with Crippen molar-refractivity contribution in [2.45, 2.75) is 37.0 Å². The van der Waals surface area contributed by atoms with Gasteiger partial charge in [0.2, 0.25) is 0 Å². The van der Waals surface area contributed by atoms with Crippen LogP contribution < -0.4 is 11.1 Å². The molecule has 0 radical (unpaired) electrons. The number of nitrogen functional groups attached to an aromatic ring is 1. The second kappa shape index (κ2) is 5.92. The topological polar surface area (TPSA) is 50.9 Å². The van der Waals surface area contributed by atoms with Crippen LogP contribution in [0.3, 0.4) is 0 Å². The molecule has 1 saturated carbocycles. The van der Waals surface area contributed by atoms with Crippen LogP contribution in [0.1, 0.15) is 25.7 Å². The summed E-state index contributed by atoms with van der Waals surface area (Å²) in [4.78, 5) is 4.39. The molecule has 4 heteroatoms. The first kappa shape index (κ1) is 13.6. The summed E-state index contributed by atoms with van der Waals surface area (Å²) in [6, 6.07) is 8.71. The number of rotatable bonds is 3. The standard InChI is InChI=1S/C16H21N3S/c1-20-12-8-6-11(7-9-12)19-16-13-4-2-3-5-15(13)18-10-14(16)17/h2-5,10-12H,6-9,17H2,1H3,(H,18,19). The molecule has 1 aromatic carbocycles. The van der Waals surface area contributed by atoms with Crippen molar-refractivity contribution in [3.8, 4) is 0 Å². The van der Waals surface area contributed by atoms with Crippen LogP contribution in [0.25, 0.3) is 10.9 Å². The first-order valence-corrected chi connectivity index (χ1v) is 8.49. The smallest absolute Gasteiger partial charge is 0.0743 e. The summed E-state index contributed by atoms with van der Waals surface area (Å²) in [6.45, 7) is 0. The van der Waals surface area contributed by atoms with E-state index in [0.717, 1.165) is 27.5 Å². The lowest BCUT2D eigenvalue weighted by atomic mass is 9.94. The van der Waals surface area contributed by atoms with Crippen LogP contribution in [0.4, 0.5) is 11.4 Å². The number of thioether (sulfide) groups is 1. The van der Waals surface area contributed by atoms with Gasteiger partial charge in [-0.25, -0.2) is 0 Å². The summed E-state index contributed by atoms with van der Waals surface area (Å²) >= 11 is 2.00. The normalized spacial score (nSPS) is 22.9. The quantitative estimate of drug-likeness (QED) is 0.899. The van der Waals surface area contributed by atoms with Crippen LogP contribution in [-0.2, 0) is 0 Å². The summed E-state index contributed by atoms with van der Waals surface area (Å²) in [5, 5.41) is 5.62. The van der Waals surface area contributed by atoms with Gasteiger partial charge in [0.1, 0.15) is 0 Å². The molecule has 0 aliphatic heterocycles. The minimum atomic E-state index is 0.534. The Morgan fingerprint density at radius 1 is 1.20 bits per heavy atom. The van der Waals surface area contributed by atoms with E-state index in [9.17, 15) is 0 Å². The SMILES string of the molecule is CSC1CCC(Nc2c(N)cnc3ccccc23)CC1. The highest BCUT2D eigenvalue weighted by Gasteiger charge is 2.21. The van der Waals surface area contributed by atoms with Crippen LogP contribution in [0, 0.1) is 0 Å². The molecule has 1 fully saturated rings. The van der Waals surface area contributed by atoms with Crippen LogP contribution >= 0.6 is 11.8 Å². The molecule has 106 valence electrons. The lowest BCUT2D eigenvalue weighted by Gasteiger charge is -2.29. The number of aromatic nitrogens is 1. The number of para-hydroxylation sites is 1. The Balaban J connectivity index is 1.82. The molecule has 0 atom stereocenters. The fourth-order valence-corrected chi connectivity index (χ4v) is 3.71. The molecule has 0 saturated heterocycles. The van der Waals surface area contributed by atoms with Crippen molar-refractivity contribution >= 4 is 34.0 Å². The van der Waals surface area contributed by atoms with Crippen LogP contribution in [-0.4, -0.2) is 22.5 Å². The van der Waals surface area contributed by atoms with Crippen LogP contribution in [0.15, 0.2) is 30.5 Å². The van der Waals surface area contributed by atoms with E-state index < -0.39 is 0 Å². The maximum absolute atomic E-state index is 6.13. The van der Waals surface area contributed by atoms with E-state index in [0.29, 0.717) is 6.04 Å². The molecule has 0 amide bonds. The Kier molecular flexibility index (Phi) is 4.01. The Morgan fingerprint density at radius 2 is 1.95 bits per heavy atom. The monoisotopic (exact) mass is 287 g/mol. The highest BCUT2D eigenvalue weighted by atomic mass is 32.2. The van der Waals surface area contributed by atoms with Crippen molar-refractivity contribution in [3.05, 3.63) is 30.5 Å². The highest BCUT2D eigenvalue weighted by Crippen LogP contribution is 2.33. The van der Waals surface area contributed by atoms with Crippen molar-refractivity contribution in [1.29, 1.82) is 0 Å². The van der Waals surface area contributed by atoms with Crippen molar-refractivity contribution in [2.24, 2.45) is 0 Å². The number of hydrogen-bond donors (Lipinski definition) is 2. The van der Waals surface area contributed by atoms with Gasteiger partial charge in [-0.15, -0.1) is 0 Å². The van der Waals surface area contributed by atoms with E-state index >= 15 is 0 Å². The Bertz CT molecular complexity index is 591. The predicted molar refractivity (Wildman–Crippen MR) is 89.3 cm³/mol. The van der Waals surface area contributed by atoms with Gasteiger partial charge in [-0.1, -0.05) is 18.2 Å². The minimum absolute atomic E-state index is 0.534. The molecule has 1 aliphatic carbocycles. The summed E-state index contributed by atoms with van der Waals surface area (Å²) < 4.78 is 0. The second-order valence-corrected chi connectivity index (χ2v) is 6.60. The number of benzene rings is 1. The van der Waals surface area contributed by atoms with Crippen molar-refractivity contribution in [3.63, 3.8) is 0 Å². The fourth-order valence-electron chi connectivity index (χ4n) is 2.96. The summed E-state index contributed by atoms with van der Waals surface area (Å²) in [7, 11) is 0. The summed E-state index contributed by atoms with van der Waals surface area (Å²) in [6.07, 6.45) is 9.01. The predicted octanol–water partition coefficient (Wildman–Crippen LogP) is 3.90. The Morgan fingerprint density at radius 3 is 2.70 bits per heavy atom. The molecule has 3 nitrogen and oxygen atoms in total. The zero-order valence-corrected chi connectivity index (χ0v) is 12.6. The van der Waals surface area contributed by atoms with Crippen molar-refractivity contribution < 1.29 is 0 Å². The van der Waals surface area contributed by atoms with Gasteiger partial charge in [-0.3, -0.25) is 4.98 Å². The third kappa shape index (κ3) is 2.70. The van der Waals surface area contributed by atoms with E-state index in [-0.39, 0.29) is 0 Å². The van der Waals surface area contributed by atoms with E-state index in [1.165, 1.54) is 25.7 Å². The zero-order valence-electron chi connectivity index (χ0n) is 11.8. The number of nitrogens with zero attached hydrogens (tertiary/aromatic N) is 1. The average molecular weight is 287 g/mol. The molecular formula is C16H21N3S. The minimum Gasteiger partial charge on any atom is -0.396 e. The van der Waals surface area contributed by atoms with Crippen LogP contribution in [0.2, 0.25) is 0 Å².